The zero-order chi connectivity index (χ0) is 13.6. The van der Waals surface area contributed by atoms with Crippen LogP contribution in [0.4, 0.5) is 0 Å². The second-order valence-electron chi connectivity index (χ2n) is 5.94. The van der Waals surface area contributed by atoms with Crippen molar-refractivity contribution < 1.29 is 4.79 Å². The third-order valence-electron chi connectivity index (χ3n) is 3.40. The van der Waals surface area contributed by atoms with E-state index in [-0.39, 0.29) is 5.78 Å². The number of carbonyl (C=O) groups excluding carboxylic acids is 1. The van der Waals surface area contributed by atoms with Gasteiger partial charge in [-0.3, -0.25) is 4.79 Å². The Hall–Kier alpha value is -1.33. The molecule has 1 aliphatic rings. The first kappa shape index (κ1) is 13.1. The Kier molecular flexibility index (Phi) is 2.99. The van der Waals surface area contributed by atoms with Crippen molar-refractivity contribution in [1.82, 2.24) is 0 Å². The highest BCUT2D eigenvalue weighted by molar-refractivity contribution is 6.35. The van der Waals surface area contributed by atoms with E-state index >= 15 is 0 Å². The van der Waals surface area contributed by atoms with Gasteiger partial charge in [0.2, 0.25) is 0 Å². The number of benzene rings is 1. The first-order chi connectivity index (χ1) is 8.32. The predicted octanol–water partition coefficient (Wildman–Crippen LogP) is 4.12. The molecule has 1 aromatic carbocycles. The molecule has 1 aromatic rings. The molecular weight excluding hydrogens is 246 g/mol. The second-order valence-corrected chi connectivity index (χ2v) is 6.32. The topological polar surface area (TPSA) is 40.9 Å². The molecule has 0 aliphatic heterocycles. The third kappa shape index (κ3) is 2.04. The summed E-state index contributed by atoms with van der Waals surface area (Å²) in [6.45, 7) is 5.61. The van der Waals surface area contributed by atoms with Gasteiger partial charge < -0.3 is 0 Å². The van der Waals surface area contributed by atoms with Gasteiger partial charge in [0, 0.05) is 11.0 Å². The summed E-state index contributed by atoms with van der Waals surface area (Å²) in [4.78, 5) is 12.3. The highest BCUT2D eigenvalue weighted by Gasteiger charge is 2.46. The van der Waals surface area contributed by atoms with E-state index in [0.29, 0.717) is 10.6 Å². The van der Waals surface area contributed by atoms with Crippen LogP contribution in [0.3, 0.4) is 0 Å². The summed E-state index contributed by atoms with van der Waals surface area (Å²) in [5, 5.41) is 9.69. The molecule has 0 saturated heterocycles. The van der Waals surface area contributed by atoms with Gasteiger partial charge in [-0.15, -0.1) is 0 Å². The number of Topliss-reactive ketones (excluding diaryl/α,β-unsaturated/α-hetero) is 1. The molecule has 0 bridgehead atoms. The summed E-state index contributed by atoms with van der Waals surface area (Å²) in [5.41, 5.74) is 0.418. The Labute approximate surface area is 113 Å². The van der Waals surface area contributed by atoms with Gasteiger partial charge in [-0.1, -0.05) is 44.5 Å². The molecule has 94 valence electrons. The fraction of sp³-hybridized carbons (Fsp3) is 0.467. The van der Waals surface area contributed by atoms with Gasteiger partial charge in [-0.05, 0) is 24.5 Å². The van der Waals surface area contributed by atoms with E-state index in [1.54, 1.807) is 6.07 Å². The van der Waals surface area contributed by atoms with E-state index in [2.05, 4.69) is 6.07 Å². The zero-order valence-corrected chi connectivity index (χ0v) is 11.6. The van der Waals surface area contributed by atoms with Crippen molar-refractivity contribution >= 4 is 17.4 Å². The van der Waals surface area contributed by atoms with Crippen LogP contribution in [0.15, 0.2) is 18.2 Å². The molecule has 1 aliphatic carbocycles. The van der Waals surface area contributed by atoms with E-state index < -0.39 is 10.8 Å². The number of hydrogen-bond donors (Lipinski definition) is 0. The van der Waals surface area contributed by atoms with Crippen LogP contribution in [0, 0.1) is 16.7 Å². The Morgan fingerprint density at radius 1 is 1.39 bits per heavy atom. The molecule has 1 fully saturated rings. The minimum Gasteiger partial charge on any atom is -0.294 e. The number of rotatable bonds is 2. The molecule has 0 atom stereocenters. The largest absolute Gasteiger partial charge is 0.294 e. The minimum absolute atomic E-state index is 0.0167. The highest BCUT2D eigenvalue weighted by atomic mass is 35.5. The molecule has 1 saturated carbocycles. The molecule has 18 heavy (non-hydrogen) atoms. The van der Waals surface area contributed by atoms with Crippen LogP contribution in [0.25, 0.3) is 0 Å². The molecule has 3 heteroatoms. The molecule has 0 aromatic heterocycles. The molecular formula is C15H16ClNO. The van der Waals surface area contributed by atoms with Crippen LogP contribution in [0.5, 0.6) is 0 Å². The van der Waals surface area contributed by atoms with Crippen LogP contribution < -0.4 is 0 Å². The van der Waals surface area contributed by atoms with Gasteiger partial charge in [0.05, 0.1) is 16.5 Å². The Morgan fingerprint density at radius 2 is 2.00 bits per heavy atom. The Bertz CT molecular complexity index is 545. The van der Waals surface area contributed by atoms with Crippen molar-refractivity contribution in [2.75, 3.05) is 0 Å². The lowest BCUT2D eigenvalue weighted by Crippen LogP contribution is -2.21. The normalized spacial score (nSPS) is 17.1. The van der Waals surface area contributed by atoms with Crippen molar-refractivity contribution in [3.05, 3.63) is 34.3 Å². The first-order valence-electron chi connectivity index (χ1n) is 6.07. The SMILES string of the molecule is CC(C)(C)C(=O)c1cccc(C2(C#N)CC2)c1Cl. The summed E-state index contributed by atoms with van der Waals surface area (Å²) in [7, 11) is 0. The lowest BCUT2D eigenvalue weighted by Gasteiger charge is -2.19. The third-order valence-corrected chi connectivity index (χ3v) is 3.81. The molecule has 0 unspecified atom stereocenters. The maximum atomic E-state index is 12.3. The van der Waals surface area contributed by atoms with Gasteiger partial charge >= 0.3 is 0 Å². The predicted molar refractivity (Wildman–Crippen MR) is 71.8 cm³/mol. The molecule has 2 nitrogen and oxygen atoms in total. The quantitative estimate of drug-likeness (QED) is 0.751. The smallest absolute Gasteiger partial charge is 0.169 e. The number of nitrogens with zero attached hydrogens (tertiary/aromatic N) is 1. The molecule has 0 amide bonds. The molecule has 0 heterocycles. The fourth-order valence-electron chi connectivity index (χ4n) is 2.05. The van der Waals surface area contributed by atoms with Gasteiger partial charge in [0.25, 0.3) is 0 Å². The average molecular weight is 262 g/mol. The minimum atomic E-state index is -0.467. The molecule has 0 N–H and O–H groups in total. The number of carbonyl (C=O) groups is 1. The van der Waals surface area contributed by atoms with Crippen LogP contribution in [-0.4, -0.2) is 5.78 Å². The summed E-state index contributed by atoms with van der Waals surface area (Å²) in [6, 6.07) is 7.74. The van der Waals surface area contributed by atoms with Gasteiger partial charge in [0.15, 0.2) is 5.78 Å². The zero-order valence-electron chi connectivity index (χ0n) is 10.9. The second kappa shape index (κ2) is 4.10. The van der Waals surface area contributed by atoms with E-state index in [1.807, 2.05) is 32.9 Å². The summed E-state index contributed by atoms with van der Waals surface area (Å²) in [6.07, 6.45) is 1.66. The van der Waals surface area contributed by atoms with Crippen LogP contribution in [0.2, 0.25) is 5.02 Å². The highest BCUT2D eigenvalue weighted by Crippen LogP contribution is 2.50. The average Bonchev–Trinajstić information content (AvgIpc) is 3.08. The number of halogens is 1. The fourth-order valence-corrected chi connectivity index (χ4v) is 2.44. The van der Waals surface area contributed by atoms with E-state index in [4.69, 9.17) is 11.6 Å². The Morgan fingerprint density at radius 3 is 2.44 bits per heavy atom. The van der Waals surface area contributed by atoms with Crippen molar-refractivity contribution in [3.8, 4) is 6.07 Å². The summed E-state index contributed by atoms with van der Waals surface area (Å²) >= 11 is 6.34. The standard InChI is InChI=1S/C15H16ClNO/c1-14(2,3)13(18)10-5-4-6-11(12(10)16)15(9-17)7-8-15/h4-6H,7-8H2,1-3H3. The first-order valence-corrected chi connectivity index (χ1v) is 6.45. The van der Waals surface area contributed by atoms with Gasteiger partial charge in [-0.2, -0.15) is 5.26 Å². The van der Waals surface area contributed by atoms with E-state index in [9.17, 15) is 10.1 Å². The lowest BCUT2D eigenvalue weighted by molar-refractivity contribution is 0.0858. The summed E-state index contributed by atoms with van der Waals surface area (Å²) < 4.78 is 0. The lowest BCUT2D eigenvalue weighted by atomic mass is 9.84. The van der Waals surface area contributed by atoms with E-state index in [1.165, 1.54) is 0 Å². The summed E-state index contributed by atoms with van der Waals surface area (Å²) in [5.74, 6) is 0.0167. The molecule has 2 rings (SSSR count). The van der Waals surface area contributed by atoms with Crippen molar-refractivity contribution in [2.24, 2.45) is 5.41 Å². The number of hydrogen-bond acceptors (Lipinski definition) is 2. The monoisotopic (exact) mass is 261 g/mol. The maximum Gasteiger partial charge on any atom is 0.169 e. The van der Waals surface area contributed by atoms with Crippen LogP contribution >= 0.6 is 11.6 Å². The van der Waals surface area contributed by atoms with Crippen molar-refractivity contribution in [2.45, 2.75) is 39.0 Å². The van der Waals surface area contributed by atoms with Crippen molar-refractivity contribution in [3.63, 3.8) is 0 Å². The number of ketones is 1. The molecule has 0 radical (unpaired) electrons. The Balaban J connectivity index is 2.51. The van der Waals surface area contributed by atoms with Crippen LogP contribution in [0.1, 0.15) is 49.5 Å². The number of nitriles is 1. The van der Waals surface area contributed by atoms with Gasteiger partial charge in [-0.25, -0.2) is 0 Å². The van der Waals surface area contributed by atoms with E-state index in [0.717, 1.165) is 18.4 Å². The van der Waals surface area contributed by atoms with Crippen molar-refractivity contribution in [1.29, 1.82) is 5.26 Å². The van der Waals surface area contributed by atoms with Crippen LogP contribution in [-0.2, 0) is 5.41 Å². The maximum absolute atomic E-state index is 12.3. The van der Waals surface area contributed by atoms with Gasteiger partial charge in [0.1, 0.15) is 0 Å². The molecule has 0 spiro atoms.